The molecule has 0 fully saturated rings. The molecular formula is C14H13ClO3. The van der Waals surface area contributed by atoms with Crippen molar-refractivity contribution >= 4 is 28.7 Å². The van der Waals surface area contributed by atoms with Crippen LogP contribution in [0.4, 0.5) is 0 Å². The van der Waals surface area contributed by atoms with Gasteiger partial charge >= 0.3 is 0 Å². The Morgan fingerprint density at radius 3 is 2.33 bits per heavy atom. The van der Waals surface area contributed by atoms with Crippen LogP contribution in [0.1, 0.15) is 15.9 Å². The number of ether oxygens (including phenoxy) is 2. The van der Waals surface area contributed by atoms with Crippen LogP contribution in [0, 0.1) is 6.92 Å². The van der Waals surface area contributed by atoms with E-state index in [9.17, 15) is 4.79 Å². The lowest BCUT2D eigenvalue weighted by Gasteiger charge is -2.14. The van der Waals surface area contributed by atoms with E-state index in [-0.39, 0.29) is 0 Å². The molecule has 0 heterocycles. The first-order valence-electron chi connectivity index (χ1n) is 5.43. The van der Waals surface area contributed by atoms with Crippen molar-refractivity contribution in [3.8, 4) is 11.5 Å². The maximum Gasteiger partial charge on any atom is 0.150 e. The van der Waals surface area contributed by atoms with E-state index in [1.54, 1.807) is 32.4 Å². The number of hydrogen-bond donors (Lipinski definition) is 0. The van der Waals surface area contributed by atoms with Crippen LogP contribution in [0.5, 0.6) is 11.5 Å². The highest BCUT2D eigenvalue weighted by Crippen LogP contribution is 2.40. The SMILES string of the molecule is COc1ccc(Cl)c2c(C)c(C=O)cc(OC)c12. The molecule has 0 bridgehead atoms. The molecule has 2 rings (SSSR count). The standard InChI is InChI=1S/C14H13ClO3/c1-8-9(7-16)6-12(18-3)14-11(17-2)5-4-10(15)13(8)14/h4-7H,1-3H3. The maximum absolute atomic E-state index is 11.1. The Labute approximate surface area is 110 Å². The Kier molecular flexibility index (Phi) is 3.43. The second kappa shape index (κ2) is 4.86. The summed E-state index contributed by atoms with van der Waals surface area (Å²) < 4.78 is 10.7. The Morgan fingerprint density at radius 1 is 1.11 bits per heavy atom. The minimum absolute atomic E-state index is 0.564. The molecule has 0 aliphatic heterocycles. The number of halogens is 1. The van der Waals surface area contributed by atoms with Gasteiger partial charge in [-0.3, -0.25) is 4.79 Å². The quantitative estimate of drug-likeness (QED) is 0.794. The molecule has 0 saturated carbocycles. The Balaban J connectivity index is 3.02. The van der Waals surface area contributed by atoms with Gasteiger partial charge in [-0.15, -0.1) is 0 Å². The van der Waals surface area contributed by atoms with Gasteiger partial charge in [0.05, 0.1) is 19.6 Å². The first-order chi connectivity index (χ1) is 8.63. The molecule has 0 N–H and O–H groups in total. The third-order valence-corrected chi connectivity index (χ3v) is 3.34. The normalized spacial score (nSPS) is 10.4. The molecule has 0 unspecified atom stereocenters. The highest BCUT2D eigenvalue weighted by atomic mass is 35.5. The molecule has 2 aromatic carbocycles. The van der Waals surface area contributed by atoms with Crippen molar-refractivity contribution in [1.82, 2.24) is 0 Å². The second-order valence-corrected chi connectivity index (χ2v) is 4.32. The van der Waals surface area contributed by atoms with Crippen molar-refractivity contribution in [3.63, 3.8) is 0 Å². The van der Waals surface area contributed by atoms with Gasteiger partial charge in [-0.25, -0.2) is 0 Å². The molecule has 94 valence electrons. The largest absolute Gasteiger partial charge is 0.496 e. The summed E-state index contributed by atoms with van der Waals surface area (Å²) in [4.78, 5) is 11.1. The minimum atomic E-state index is 0.564. The summed E-state index contributed by atoms with van der Waals surface area (Å²) in [6.07, 6.45) is 0.799. The number of hydrogen-bond acceptors (Lipinski definition) is 3. The number of carbonyl (C=O) groups excluding carboxylic acids is 1. The average Bonchev–Trinajstić information content (AvgIpc) is 2.39. The highest BCUT2D eigenvalue weighted by molar-refractivity contribution is 6.36. The Bertz CT molecular complexity index is 620. The molecule has 4 heteroatoms. The van der Waals surface area contributed by atoms with Crippen molar-refractivity contribution in [2.45, 2.75) is 6.92 Å². The summed E-state index contributed by atoms with van der Waals surface area (Å²) in [7, 11) is 3.14. The third-order valence-electron chi connectivity index (χ3n) is 3.02. The molecule has 0 spiro atoms. The lowest BCUT2D eigenvalue weighted by Crippen LogP contribution is -1.96. The van der Waals surface area contributed by atoms with E-state index in [1.165, 1.54) is 0 Å². The van der Waals surface area contributed by atoms with Crippen molar-refractivity contribution in [2.24, 2.45) is 0 Å². The van der Waals surface area contributed by atoms with Gasteiger partial charge in [-0.1, -0.05) is 11.6 Å². The number of fused-ring (bicyclic) bond motifs is 1. The van der Waals surface area contributed by atoms with Crippen LogP contribution >= 0.6 is 11.6 Å². The van der Waals surface area contributed by atoms with Gasteiger partial charge in [0.2, 0.25) is 0 Å². The number of aldehydes is 1. The zero-order valence-corrected chi connectivity index (χ0v) is 11.2. The Morgan fingerprint density at radius 2 is 1.78 bits per heavy atom. The molecule has 0 atom stereocenters. The van der Waals surface area contributed by atoms with Crippen LogP contribution in [-0.4, -0.2) is 20.5 Å². The Hall–Kier alpha value is -1.74. The molecule has 0 aromatic heterocycles. The van der Waals surface area contributed by atoms with E-state index >= 15 is 0 Å². The fraction of sp³-hybridized carbons (Fsp3) is 0.214. The van der Waals surface area contributed by atoms with Gasteiger partial charge in [-0.2, -0.15) is 0 Å². The lowest BCUT2D eigenvalue weighted by atomic mass is 9.99. The predicted molar refractivity (Wildman–Crippen MR) is 72.2 cm³/mol. The fourth-order valence-corrected chi connectivity index (χ4v) is 2.39. The van der Waals surface area contributed by atoms with Crippen LogP contribution in [-0.2, 0) is 0 Å². The van der Waals surface area contributed by atoms with Gasteiger partial charge in [0.1, 0.15) is 17.8 Å². The van der Waals surface area contributed by atoms with Crippen molar-refractivity contribution in [2.75, 3.05) is 14.2 Å². The molecule has 2 aromatic rings. The molecule has 0 aliphatic carbocycles. The topological polar surface area (TPSA) is 35.5 Å². The third kappa shape index (κ3) is 1.81. The summed E-state index contributed by atoms with van der Waals surface area (Å²) in [6, 6.07) is 5.24. The molecular weight excluding hydrogens is 252 g/mol. The summed E-state index contributed by atoms with van der Waals surface area (Å²) in [6.45, 7) is 1.86. The van der Waals surface area contributed by atoms with Crippen molar-refractivity contribution in [1.29, 1.82) is 0 Å². The van der Waals surface area contributed by atoms with Crippen LogP contribution in [0.25, 0.3) is 10.8 Å². The van der Waals surface area contributed by atoms with E-state index in [0.717, 1.165) is 22.6 Å². The molecule has 18 heavy (non-hydrogen) atoms. The van der Waals surface area contributed by atoms with Crippen molar-refractivity contribution < 1.29 is 14.3 Å². The number of methoxy groups -OCH3 is 2. The van der Waals surface area contributed by atoms with Crippen LogP contribution in [0.3, 0.4) is 0 Å². The molecule has 3 nitrogen and oxygen atoms in total. The highest BCUT2D eigenvalue weighted by Gasteiger charge is 2.16. The number of rotatable bonds is 3. The predicted octanol–water partition coefficient (Wildman–Crippen LogP) is 3.63. The van der Waals surface area contributed by atoms with Crippen LogP contribution < -0.4 is 9.47 Å². The monoisotopic (exact) mass is 264 g/mol. The first kappa shape index (κ1) is 12.7. The zero-order valence-electron chi connectivity index (χ0n) is 10.4. The zero-order chi connectivity index (χ0) is 13.3. The van der Waals surface area contributed by atoms with Gasteiger partial charge < -0.3 is 9.47 Å². The number of aryl methyl sites for hydroxylation is 1. The van der Waals surface area contributed by atoms with Gasteiger partial charge in [0, 0.05) is 16.0 Å². The van der Waals surface area contributed by atoms with E-state index in [2.05, 4.69) is 0 Å². The number of benzene rings is 2. The van der Waals surface area contributed by atoms with E-state index in [1.807, 2.05) is 6.92 Å². The van der Waals surface area contributed by atoms with Gasteiger partial charge in [-0.05, 0) is 30.7 Å². The number of carbonyl (C=O) groups is 1. The molecule has 0 amide bonds. The summed E-state index contributed by atoms with van der Waals surface area (Å²) >= 11 is 6.22. The van der Waals surface area contributed by atoms with Gasteiger partial charge in [0.25, 0.3) is 0 Å². The smallest absolute Gasteiger partial charge is 0.150 e. The van der Waals surface area contributed by atoms with E-state index < -0.39 is 0 Å². The fourth-order valence-electron chi connectivity index (χ4n) is 2.09. The lowest BCUT2D eigenvalue weighted by molar-refractivity contribution is 0.112. The van der Waals surface area contributed by atoms with Crippen LogP contribution in [0.2, 0.25) is 5.02 Å². The summed E-state index contributed by atoms with van der Waals surface area (Å²) in [5.41, 5.74) is 1.39. The van der Waals surface area contributed by atoms with E-state index in [4.69, 9.17) is 21.1 Å². The summed E-state index contributed by atoms with van der Waals surface area (Å²) in [5.74, 6) is 1.25. The maximum atomic E-state index is 11.1. The summed E-state index contributed by atoms with van der Waals surface area (Å²) in [5, 5.41) is 2.15. The minimum Gasteiger partial charge on any atom is -0.496 e. The average molecular weight is 265 g/mol. The first-order valence-corrected chi connectivity index (χ1v) is 5.80. The van der Waals surface area contributed by atoms with Gasteiger partial charge in [0.15, 0.2) is 0 Å². The molecule has 0 aliphatic rings. The van der Waals surface area contributed by atoms with Crippen LogP contribution in [0.15, 0.2) is 18.2 Å². The molecule has 0 saturated heterocycles. The van der Waals surface area contributed by atoms with Crippen molar-refractivity contribution in [3.05, 3.63) is 34.3 Å². The van der Waals surface area contributed by atoms with E-state index in [0.29, 0.717) is 22.1 Å². The second-order valence-electron chi connectivity index (χ2n) is 3.91. The molecule has 0 radical (unpaired) electrons.